The lowest BCUT2D eigenvalue weighted by Crippen LogP contribution is -2.37. The summed E-state index contributed by atoms with van der Waals surface area (Å²) < 4.78 is 11.0. The Morgan fingerprint density at radius 1 is 1.21 bits per heavy atom. The predicted molar refractivity (Wildman–Crippen MR) is 109 cm³/mol. The molecular formula is C22H26N2O4. The van der Waals surface area contributed by atoms with Crippen molar-refractivity contribution < 1.29 is 19.1 Å². The Morgan fingerprint density at radius 3 is 2.68 bits per heavy atom. The quantitative estimate of drug-likeness (QED) is 0.875. The van der Waals surface area contributed by atoms with Gasteiger partial charge in [0.2, 0.25) is 11.8 Å². The van der Waals surface area contributed by atoms with E-state index in [0.29, 0.717) is 29.5 Å². The van der Waals surface area contributed by atoms with Gasteiger partial charge in [0.25, 0.3) is 0 Å². The minimum Gasteiger partial charge on any atom is -0.495 e. The highest BCUT2D eigenvalue weighted by molar-refractivity contribution is 6.04. The lowest BCUT2D eigenvalue weighted by Gasteiger charge is -2.23. The zero-order valence-electron chi connectivity index (χ0n) is 16.7. The molecule has 3 rings (SSSR count). The fraction of sp³-hybridized carbons (Fsp3) is 0.364. The first-order valence-corrected chi connectivity index (χ1v) is 9.30. The Morgan fingerprint density at radius 2 is 1.96 bits per heavy atom. The zero-order chi connectivity index (χ0) is 20.3. The molecule has 0 saturated carbocycles. The number of para-hydroxylation sites is 2. The number of rotatable bonds is 4. The Labute approximate surface area is 165 Å². The van der Waals surface area contributed by atoms with Gasteiger partial charge in [-0.3, -0.25) is 14.5 Å². The summed E-state index contributed by atoms with van der Waals surface area (Å²) in [5, 5.41) is 2.89. The number of amides is 2. The van der Waals surface area contributed by atoms with Gasteiger partial charge in [-0.15, -0.1) is 0 Å². The average Bonchev–Trinajstić information content (AvgIpc) is 2.80. The molecule has 1 N–H and O–H groups in total. The van der Waals surface area contributed by atoms with E-state index in [2.05, 4.69) is 26.1 Å². The molecule has 0 fully saturated rings. The normalized spacial score (nSPS) is 14.0. The Balaban J connectivity index is 1.83. The van der Waals surface area contributed by atoms with Crippen LogP contribution in [-0.2, 0) is 15.0 Å². The van der Waals surface area contributed by atoms with E-state index in [1.54, 1.807) is 19.2 Å². The van der Waals surface area contributed by atoms with Crippen LogP contribution < -0.4 is 19.7 Å². The Hall–Kier alpha value is -3.02. The van der Waals surface area contributed by atoms with Gasteiger partial charge < -0.3 is 14.8 Å². The molecule has 0 aliphatic carbocycles. The van der Waals surface area contributed by atoms with E-state index in [0.717, 1.165) is 5.56 Å². The van der Waals surface area contributed by atoms with Crippen molar-refractivity contribution in [3.63, 3.8) is 0 Å². The highest BCUT2D eigenvalue weighted by Crippen LogP contribution is 2.33. The van der Waals surface area contributed by atoms with E-state index in [1.165, 1.54) is 4.90 Å². The monoisotopic (exact) mass is 382 g/mol. The van der Waals surface area contributed by atoms with E-state index < -0.39 is 0 Å². The fourth-order valence-corrected chi connectivity index (χ4v) is 3.10. The van der Waals surface area contributed by atoms with Gasteiger partial charge in [-0.1, -0.05) is 39.0 Å². The van der Waals surface area contributed by atoms with Crippen molar-refractivity contribution in [2.24, 2.45) is 0 Å². The second kappa shape index (κ2) is 7.92. The maximum Gasteiger partial charge on any atom is 0.244 e. The number of carbonyl (C=O) groups excluding carboxylic acids is 2. The molecule has 0 spiro atoms. The first-order chi connectivity index (χ1) is 13.3. The highest BCUT2D eigenvalue weighted by atomic mass is 16.5. The number of fused-ring (bicyclic) bond motifs is 1. The van der Waals surface area contributed by atoms with E-state index in [9.17, 15) is 9.59 Å². The van der Waals surface area contributed by atoms with E-state index in [1.807, 2.05) is 30.3 Å². The summed E-state index contributed by atoms with van der Waals surface area (Å²) in [4.78, 5) is 26.8. The summed E-state index contributed by atoms with van der Waals surface area (Å²) in [5.41, 5.74) is 2.21. The minimum atomic E-state index is -0.297. The molecule has 2 aromatic carbocycles. The van der Waals surface area contributed by atoms with Crippen LogP contribution in [0.1, 0.15) is 32.8 Å². The lowest BCUT2D eigenvalue weighted by molar-refractivity contribution is -0.121. The first-order valence-electron chi connectivity index (χ1n) is 9.30. The van der Waals surface area contributed by atoms with Crippen LogP contribution in [0.2, 0.25) is 0 Å². The van der Waals surface area contributed by atoms with Crippen molar-refractivity contribution in [2.45, 2.75) is 32.6 Å². The maximum atomic E-state index is 12.8. The van der Waals surface area contributed by atoms with Crippen molar-refractivity contribution in [1.29, 1.82) is 0 Å². The standard InChI is InChI=1S/C22H26N2O4/c1-22(2,3)15-9-10-18(27-4)16(13-15)23-20(25)14-24-17-7-5-6-8-19(17)28-12-11-21(24)26/h5-10,13H,11-12,14H2,1-4H3,(H,23,25). The third-order valence-corrected chi connectivity index (χ3v) is 4.67. The van der Waals surface area contributed by atoms with Gasteiger partial charge in [-0.05, 0) is 35.2 Å². The van der Waals surface area contributed by atoms with Gasteiger partial charge in [0.15, 0.2) is 0 Å². The number of hydrogen-bond acceptors (Lipinski definition) is 4. The van der Waals surface area contributed by atoms with Crippen LogP contribution in [0.15, 0.2) is 42.5 Å². The van der Waals surface area contributed by atoms with E-state index >= 15 is 0 Å². The van der Waals surface area contributed by atoms with Crippen LogP contribution in [-0.4, -0.2) is 32.1 Å². The third kappa shape index (κ3) is 4.27. The number of nitrogens with zero attached hydrogens (tertiary/aromatic N) is 1. The summed E-state index contributed by atoms with van der Waals surface area (Å²) >= 11 is 0. The topological polar surface area (TPSA) is 67.9 Å². The molecule has 1 aliphatic rings. The van der Waals surface area contributed by atoms with Crippen molar-refractivity contribution in [3.05, 3.63) is 48.0 Å². The van der Waals surface area contributed by atoms with Crippen LogP contribution >= 0.6 is 0 Å². The molecular weight excluding hydrogens is 356 g/mol. The molecule has 6 nitrogen and oxygen atoms in total. The van der Waals surface area contributed by atoms with Crippen LogP contribution in [0.3, 0.4) is 0 Å². The first kappa shape index (κ1) is 19.7. The maximum absolute atomic E-state index is 12.8. The summed E-state index contributed by atoms with van der Waals surface area (Å²) in [7, 11) is 1.56. The molecule has 2 amide bonds. The minimum absolute atomic E-state index is 0.0667. The number of methoxy groups -OCH3 is 1. The largest absolute Gasteiger partial charge is 0.495 e. The summed E-state index contributed by atoms with van der Waals surface area (Å²) in [6, 6.07) is 13.0. The molecule has 0 saturated heterocycles. The SMILES string of the molecule is COc1ccc(C(C)(C)C)cc1NC(=O)CN1C(=O)CCOc2ccccc21. The molecule has 6 heteroatoms. The molecule has 1 heterocycles. The van der Waals surface area contributed by atoms with Crippen molar-refractivity contribution >= 4 is 23.2 Å². The van der Waals surface area contributed by atoms with Gasteiger partial charge >= 0.3 is 0 Å². The number of benzene rings is 2. The Kier molecular flexibility index (Phi) is 5.58. The number of nitrogens with one attached hydrogen (secondary N) is 1. The van der Waals surface area contributed by atoms with Gasteiger partial charge in [-0.25, -0.2) is 0 Å². The third-order valence-electron chi connectivity index (χ3n) is 4.67. The van der Waals surface area contributed by atoms with Crippen LogP contribution in [0, 0.1) is 0 Å². The molecule has 0 radical (unpaired) electrons. The van der Waals surface area contributed by atoms with Crippen LogP contribution in [0.5, 0.6) is 11.5 Å². The number of carbonyl (C=O) groups is 2. The number of anilines is 2. The van der Waals surface area contributed by atoms with Gasteiger partial charge in [0.1, 0.15) is 18.0 Å². The van der Waals surface area contributed by atoms with Crippen LogP contribution in [0.4, 0.5) is 11.4 Å². The highest BCUT2D eigenvalue weighted by Gasteiger charge is 2.25. The molecule has 2 aromatic rings. The summed E-state index contributed by atoms with van der Waals surface area (Å²) in [5.74, 6) is 0.741. The lowest BCUT2D eigenvalue weighted by atomic mass is 9.87. The second-order valence-corrected chi connectivity index (χ2v) is 7.76. The summed E-state index contributed by atoms with van der Waals surface area (Å²) in [6.45, 7) is 6.52. The van der Waals surface area contributed by atoms with Crippen molar-refractivity contribution in [2.75, 3.05) is 30.5 Å². The Bertz CT molecular complexity index is 886. The van der Waals surface area contributed by atoms with Gasteiger partial charge in [0.05, 0.1) is 31.5 Å². The summed E-state index contributed by atoms with van der Waals surface area (Å²) in [6.07, 6.45) is 0.227. The zero-order valence-corrected chi connectivity index (χ0v) is 16.7. The smallest absolute Gasteiger partial charge is 0.244 e. The molecule has 0 bridgehead atoms. The van der Waals surface area contributed by atoms with Gasteiger partial charge in [0, 0.05) is 0 Å². The van der Waals surface area contributed by atoms with Crippen molar-refractivity contribution in [1.82, 2.24) is 0 Å². The number of hydrogen-bond donors (Lipinski definition) is 1. The van der Waals surface area contributed by atoms with Crippen LogP contribution in [0.25, 0.3) is 0 Å². The number of ether oxygens (including phenoxy) is 2. The molecule has 1 aliphatic heterocycles. The molecule has 0 aromatic heterocycles. The molecule has 148 valence electrons. The molecule has 0 unspecified atom stereocenters. The fourth-order valence-electron chi connectivity index (χ4n) is 3.10. The van der Waals surface area contributed by atoms with E-state index in [4.69, 9.17) is 9.47 Å². The predicted octanol–water partition coefficient (Wildman–Crippen LogP) is 3.75. The molecule has 0 atom stereocenters. The van der Waals surface area contributed by atoms with Crippen molar-refractivity contribution in [3.8, 4) is 11.5 Å². The van der Waals surface area contributed by atoms with E-state index in [-0.39, 0.29) is 30.2 Å². The second-order valence-electron chi connectivity index (χ2n) is 7.76. The average molecular weight is 382 g/mol. The molecule has 28 heavy (non-hydrogen) atoms. The van der Waals surface area contributed by atoms with Gasteiger partial charge in [-0.2, -0.15) is 0 Å².